The number of piperidine rings is 2. The number of nitrogens with one attached hydrogen (secondary N) is 3. The van der Waals surface area contributed by atoms with E-state index in [1.54, 1.807) is 18.3 Å². The zero-order valence-electron chi connectivity index (χ0n) is 30.4. The van der Waals surface area contributed by atoms with E-state index in [1.807, 2.05) is 17.5 Å². The first-order chi connectivity index (χ1) is 26.7. The molecule has 288 valence electrons. The smallest absolute Gasteiger partial charge is 0.343 e. The second-order valence-electron chi connectivity index (χ2n) is 14.9. The molecule has 7 heterocycles. The number of hydrazine groups is 1. The normalized spacial score (nSPS) is 21.1. The Morgan fingerprint density at radius 3 is 2.55 bits per heavy atom. The van der Waals surface area contributed by atoms with E-state index in [0.29, 0.717) is 54.8 Å². The quantitative estimate of drug-likeness (QED) is 0.239. The number of amides is 5. The molecule has 0 aliphatic carbocycles. The van der Waals surface area contributed by atoms with Crippen LogP contribution in [0, 0.1) is 22.7 Å². The summed E-state index contributed by atoms with van der Waals surface area (Å²) in [5.41, 5.74) is 2.44. The number of halogens is 1. The van der Waals surface area contributed by atoms with E-state index >= 15 is 0 Å². The van der Waals surface area contributed by atoms with Crippen molar-refractivity contribution in [1.82, 2.24) is 30.2 Å². The third-order valence-corrected chi connectivity index (χ3v) is 12.6. The number of hydrogen-bond donors (Lipinski definition) is 3. The van der Waals surface area contributed by atoms with Crippen LogP contribution >= 0.6 is 22.9 Å². The largest absolute Gasteiger partial charge is 0.381 e. The number of carbonyl (C=O) groups is 4. The number of benzene rings is 1. The molecule has 0 atom stereocenters. The summed E-state index contributed by atoms with van der Waals surface area (Å²) in [4.78, 5) is 65.0. The molecule has 0 saturated carbocycles. The Kier molecular flexibility index (Phi) is 10.6. The predicted molar refractivity (Wildman–Crippen MR) is 207 cm³/mol. The predicted octanol–water partition coefficient (Wildman–Crippen LogP) is 4.84. The molecule has 0 spiro atoms. The fourth-order valence-electron chi connectivity index (χ4n) is 8.20. The maximum Gasteiger partial charge on any atom is 0.343 e. The molecular formula is C38H43ClN10O5S. The third kappa shape index (κ3) is 7.71. The summed E-state index contributed by atoms with van der Waals surface area (Å²) in [7, 11) is 0. The zero-order chi connectivity index (χ0) is 38.1. The minimum atomic E-state index is -0.767. The molecule has 5 aliphatic heterocycles. The number of rotatable bonds is 10. The van der Waals surface area contributed by atoms with E-state index in [4.69, 9.17) is 21.3 Å². The van der Waals surface area contributed by atoms with Crippen molar-refractivity contribution in [3.05, 3.63) is 52.0 Å². The summed E-state index contributed by atoms with van der Waals surface area (Å²) in [6.45, 7) is 6.18. The van der Waals surface area contributed by atoms with Gasteiger partial charge in [0.2, 0.25) is 5.91 Å². The van der Waals surface area contributed by atoms with Crippen LogP contribution < -0.4 is 20.9 Å². The van der Waals surface area contributed by atoms with Crippen molar-refractivity contribution in [2.45, 2.75) is 51.0 Å². The molecule has 1 aromatic carbocycles. The maximum atomic E-state index is 13.6. The van der Waals surface area contributed by atoms with Crippen LogP contribution in [0.25, 0.3) is 11.3 Å². The topological polar surface area (TPSA) is 176 Å². The first-order valence-electron chi connectivity index (χ1n) is 18.9. The minimum absolute atomic E-state index is 0.0195. The molecule has 5 aliphatic rings. The van der Waals surface area contributed by atoms with Gasteiger partial charge >= 0.3 is 6.03 Å². The van der Waals surface area contributed by atoms with Gasteiger partial charge in [-0.3, -0.25) is 19.7 Å². The zero-order valence-corrected chi connectivity index (χ0v) is 32.0. The van der Waals surface area contributed by atoms with Crippen LogP contribution in [0.3, 0.4) is 0 Å². The molecule has 2 aromatic heterocycles. The Hall–Kier alpha value is -4.82. The minimum Gasteiger partial charge on any atom is -0.381 e. The number of thiazole rings is 1. The van der Waals surface area contributed by atoms with Gasteiger partial charge in [-0.15, -0.1) is 11.3 Å². The van der Waals surface area contributed by atoms with Crippen molar-refractivity contribution in [3.8, 4) is 17.3 Å². The fourth-order valence-corrected chi connectivity index (χ4v) is 9.11. The molecule has 0 unspecified atom stereocenters. The number of imide groups is 2. The number of anilines is 3. The molecule has 5 amide bonds. The molecule has 3 aromatic rings. The van der Waals surface area contributed by atoms with E-state index in [2.05, 4.69) is 36.8 Å². The van der Waals surface area contributed by atoms with Crippen LogP contribution in [-0.2, 0) is 9.53 Å². The van der Waals surface area contributed by atoms with E-state index in [9.17, 15) is 24.4 Å². The number of urea groups is 1. The van der Waals surface area contributed by atoms with Crippen LogP contribution in [0.4, 0.5) is 21.4 Å². The lowest BCUT2D eigenvalue weighted by Crippen LogP contribution is -2.58. The van der Waals surface area contributed by atoms with Crippen molar-refractivity contribution >= 4 is 63.3 Å². The fraction of sp³-hybridized carbons (Fsp3) is 0.500. The van der Waals surface area contributed by atoms with Crippen LogP contribution in [0.1, 0.15) is 65.7 Å². The van der Waals surface area contributed by atoms with Crippen molar-refractivity contribution in [2.24, 2.45) is 11.3 Å². The lowest BCUT2D eigenvalue weighted by molar-refractivity contribution is -0.122. The molecular weight excluding hydrogens is 744 g/mol. The second kappa shape index (κ2) is 15.7. The van der Waals surface area contributed by atoms with Crippen molar-refractivity contribution < 1.29 is 23.9 Å². The number of ether oxygens (including phenoxy) is 1. The van der Waals surface area contributed by atoms with Gasteiger partial charge in [0.05, 0.1) is 45.6 Å². The molecule has 4 fully saturated rings. The summed E-state index contributed by atoms with van der Waals surface area (Å²) in [5.74, 6) is -0.235. The molecule has 0 radical (unpaired) electrons. The highest BCUT2D eigenvalue weighted by atomic mass is 35.5. The van der Waals surface area contributed by atoms with Crippen molar-refractivity contribution in [3.63, 3.8) is 0 Å². The SMILES string of the molecule is N#CC1(CNc2nc(-c3cc(NC4CCN(CC5CCN(c6cccc7c6C(=O)N(N6CCC(=O)NC6=O)C7=O)CC5)CC4)ncc3Cl)cs2)CCOCC1. The van der Waals surface area contributed by atoms with Gasteiger partial charge in [-0.05, 0) is 62.6 Å². The van der Waals surface area contributed by atoms with E-state index in [-0.39, 0.29) is 24.6 Å². The van der Waals surface area contributed by atoms with Gasteiger partial charge in [-0.1, -0.05) is 17.7 Å². The lowest BCUT2D eigenvalue weighted by Gasteiger charge is -2.39. The van der Waals surface area contributed by atoms with Crippen molar-refractivity contribution in [2.75, 3.05) is 74.6 Å². The van der Waals surface area contributed by atoms with Gasteiger partial charge in [-0.2, -0.15) is 10.3 Å². The van der Waals surface area contributed by atoms with Crippen molar-refractivity contribution in [1.29, 1.82) is 5.26 Å². The number of hydrogen-bond acceptors (Lipinski definition) is 13. The molecule has 0 bridgehead atoms. The molecule has 4 saturated heterocycles. The maximum absolute atomic E-state index is 13.6. The summed E-state index contributed by atoms with van der Waals surface area (Å²) in [6.07, 6.45) is 7.00. The summed E-state index contributed by atoms with van der Waals surface area (Å²) in [6, 6.07) is 9.24. The monoisotopic (exact) mass is 786 g/mol. The second-order valence-corrected chi connectivity index (χ2v) is 16.2. The lowest BCUT2D eigenvalue weighted by atomic mass is 9.82. The first-order valence-corrected chi connectivity index (χ1v) is 20.2. The molecule has 55 heavy (non-hydrogen) atoms. The number of likely N-dealkylation sites (tertiary alicyclic amines) is 1. The number of nitriles is 1. The number of pyridine rings is 1. The third-order valence-electron chi connectivity index (χ3n) is 11.5. The van der Waals surface area contributed by atoms with E-state index in [0.717, 1.165) is 90.6 Å². The van der Waals surface area contributed by atoms with Gasteiger partial charge in [0, 0.05) is 82.1 Å². The molecule has 3 N–H and O–H groups in total. The highest BCUT2D eigenvalue weighted by Gasteiger charge is 2.45. The van der Waals surface area contributed by atoms with Gasteiger partial charge in [0.15, 0.2) is 5.13 Å². The van der Waals surface area contributed by atoms with E-state index < -0.39 is 29.2 Å². The van der Waals surface area contributed by atoms with Crippen LogP contribution in [0.5, 0.6) is 0 Å². The van der Waals surface area contributed by atoms with E-state index in [1.165, 1.54) is 11.3 Å². The number of nitrogens with zero attached hydrogens (tertiary/aromatic N) is 7. The molecule has 17 heteroatoms. The Bertz CT molecular complexity index is 2020. The van der Waals surface area contributed by atoms with Crippen LogP contribution in [0.2, 0.25) is 5.02 Å². The first kappa shape index (κ1) is 37.1. The van der Waals surface area contributed by atoms with Crippen LogP contribution in [0.15, 0.2) is 35.8 Å². The number of fused-ring (bicyclic) bond motifs is 1. The Morgan fingerprint density at radius 2 is 1.80 bits per heavy atom. The number of carbonyl (C=O) groups excluding carboxylic acids is 4. The van der Waals surface area contributed by atoms with Gasteiger partial charge in [-0.25, -0.2) is 19.8 Å². The summed E-state index contributed by atoms with van der Waals surface area (Å²) < 4.78 is 5.45. The molecule has 8 rings (SSSR count). The highest BCUT2D eigenvalue weighted by molar-refractivity contribution is 7.14. The molecule has 15 nitrogen and oxygen atoms in total. The Morgan fingerprint density at radius 1 is 1.02 bits per heavy atom. The Labute approximate surface area is 327 Å². The van der Waals surface area contributed by atoms with Crippen LogP contribution in [-0.4, -0.2) is 114 Å². The average Bonchev–Trinajstić information content (AvgIpc) is 3.78. The van der Waals surface area contributed by atoms with Gasteiger partial charge < -0.3 is 25.2 Å². The summed E-state index contributed by atoms with van der Waals surface area (Å²) in [5, 5.41) is 24.1. The van der Waals surface area contributed by atoms with Gasteiger partial charge in [0.25, 0.3) is 11.8 Å². The van der Waals surface area contributed by atoms with Gasteiger partial charge in [0.1, 0.15) is 5.82 Å². The number of aromatic nitrogens is 2. The Balaban J connectivity index is 0.814. The average molecular weight is 787 g/mol. The standard InChI is InChI=1S/C38H43ClN10O5S/c39-28-19-41-31(18-27(28)29-21-55-36(44-29)42-23-38(22-40)9-16-54-17-10-38)43-25-6-11-46(12-7-25)20-24-4-13-47(14-5-24)30-3-1-2-26-33(30)35(52)49(34(26)51)48-15-8-32(50)45-37(48)53/h1-3,18-19,21,24-25H,4-17,20,23H2,(H,41,43)(H,42,44)(H,45,50,53). The summed E-state index contributed by atoms with van der Waals surface area (Å²) >= 11 is 8.09. The highest BCUT2D eigenvalue weighted by Crippen LogP contribution is 2.37.